The molecular formula is C14H19ClO5P+. The first-order chi connectivity index (χ1) is 9.93. The number of esters is 1. The molecule has 0 aromatic heterocycles. The van der Waals surface area contributed by atoms with Crippen LogP contribution in [0, 0.1) is 6.92 Å². The van der Waals surface area contributed by atoms with E-state index >= 15 is 0 Å². The maximum absolute atomic E-state index is 11.5. The van der Waals surface area contributed by atoms with Crippen molar-refractivity contribution in [3.63, 3.8) is 0 Å². The summed E-state index contributed by atoms with van der Waals surface area (Å²) in [6, 6.07) is 5.36. The standard InChI is InChI=1S/C14H19ClO5P/c1-10-9-12(15)6-7-13(10)19-8-4-5-14(16)20-11(2)21(17)18-3/h6-7,9,11H,4-5,8H2,1-3H3/q+1. The van der Waals surface area contributed by atoms with Gasteiger partial charge < -0.3 is 9.47 Å². The molecule has 0 spiro atoms. The van der Waals surface area contributed by atoms with E-state index in [1.165, 1.54) is 14.0 Å². The molecule has 2 unspecified atom stereocenters. The van der Waals surface area contributed by atoms with Crippen LogP contribution in [0.4, 0.5) is 0 Å². The van der Waals surface area contributed by atoms with Gasteiger partial charge in [-0.15, -0.1) is 4.52 Å². The van der Waals surface area contributed by atoms with E-state index in [0.29, 0.717) is 18.1 Å². The third kappa shape index (κ3) is 6.42. The average molecular weight is 334 g/mol. The minimum atomic E-state index is -1.97. The molecule has 0 aliphatic rings. The fraction of sp³-hybridized carbons (Fsp3) is 0.500. The molecular weight excluding hydrogens is 315 g/mol. The number of ether oxygens (including phenoxy) is 2. The summed E-state index contributed by atoms with van der Waals surface area (Å²) in [7, 11) is -0.660. The van der Waals surface area contributed by atoms with Crippen LogP contribution in [-0.2, 0) is 18.6 Å². The molecule has 7 heteroatoms. The average Bonchev–Trinajstić information content (AvgIpc) is 2.44. The lowest BCUT2D eigenvalue weighted by molar-refractivity contribution is -0.145. The van der Waals surface area contributed by atoms with Gasteiger partial charge in [0.1, 0.15) is 5.75 Å². The molecule has 1 rings (SSSR count). The molecule has 0 saturated carbocycles. The maximum atomic E-state index is 11.5. The topological polar surface area (TPSA) is 61.8 Å². The Morgan fingerprint density at radius 3 is 2.76 bits per heavy atom. The van der Waals surface area contributed by atoms with Gasteiger partial charge in [-0.3, -0.25) is 4.79 Å². The Morgan fingerprint density at radius 2 is 2.14 bits per heavy atom. The number of benzene rings is 1. The second kappa shape index (κ2) is 8.98. The first-order valence-corrected chi connectivity index (χ1v) is 8.15. The van der Waals surface area contributed by atoms with Crippen LogP contribution in [-0.4, -0.2) is 25.5 Å². The summed E-state index contributed by atoms with van der Waals surface area (Å²) in [6.45, 7) is 3.83. The summed E-state index contributed by atoms with van der Waals surface area (Å²) in [6.07, 6.45) is 0.710. The van der Waals surface area contributed by atoms with Gasteiger partial charge in [-0.25, -0.2) is 0 Å². The largest absolute Gasteiger partial charge is 0.552 e. The van der Waals surface area contributed by atoms with Crippen LogP contribution >= 0.6 is 19.6 Å². The van der Waals surface area contributed by atoms with Crippen molar-refractivity contribution in [1.29, 1.82) is 0 Å². The quantitative estimate of drug-likeness (QED) is 0.407. The Balaban J connectivity index is 2.27. The second-order valence-corrected chi connectivity index (χ2v) is 6.52. The SMILES string of the molecule is CO[P+](=O)C(C)OC(=O)CCCOc1ccc(Cl)cc1C. The van der Waals surface area contributed by atoms with Crippen molar-refractivity contribution < 1.29 is 23.4 Å². The molecule has 0 aliphatic heterocycles. The molecule has 2 atom stereocenters. The van der Waals surface area contributed by atoms with Gasteiger partial charge >= 0.3 is 19.8 Å². The molecule has 0 heterocycles. The van der Waals surface area contributed by atoms with Crippen LogP contribution in [0.1, 0.15) is 25.3 Å². The summed E-state index contributed by atoms with van der Waals surface area (Å²) in [5, 5.41) is 0.657. The lowest BCUT2D eigenvalue weighted by Gasteiger charge is -2.09. The van der Waals surface area contributed by atoms with E-state index in [1.54, 1.807) is 12.1 Å². The Morgan fingerprint density at radius 1 is 1.43 bits per heavy atom. The van der Waals surface area contributed by atoms with Crippen molar-refractivity contribution in [1.82, 2.24) is 0 Å². The molecule has 21 heavy (non-hydrogen) atoms. The highest BCUT2D eigenvalue weighted by atomic mass is 35.5. The highest BCUT2D eigenvalue weighted by molar-refractivity contribution is 7.39. The zero-order valence-corrected chi connectivity index (χ0v) is 13.9. The van der Waals surface area contributed by atoms with Crippen molar-refractivity contribution in [2.75, 3.05) is 13.7 Å². The molecule has 0 bridgehead atoms. The third-order valence-corrected chi connectivity index (χ3v) is 3.99. The van der Waals surface area contributed by atoms with Gasteiger partial charge in [0.15, 0.2) is 0 Å². The van der Waals surface area contributed by atoms with Crippen LogP contribution in [0.15, 0.2) is 18.2 Å². The van der Waals surface area contributed by atoms with E-state index in [4.69, 9.17) is 21.1 Å². The van der Waals surface area contributed by atoms with Gasteiger partial charge in [0.05, 0.1) is 13.7 Å². The van der Waals surface area contributed by atoms with E-state index < -0.39 is 19.8 Å². The molecule has 0 fully saturated rings. The number of carbonyl (C=O) groups is 1. The van der Waals surface area contributed by atoms with Gasteiger partial charge in [0, 0.05) is 18.4 Å². The Bertz CT molecular complexity index is 506. The van der Waals surface area contributed by atoms with E-state index in [1.807, 2.05) is 13.0 Å². The van der Waals surface area contributed by atoms with Crippen LogP contribution in [0.25, 0.3) is 0 Å². The molecule has 1 aromatic carbocycles. The van der Waals surface area contributed by atoms with Gasteiger partial charge in [0.2, 0.25) is 0 Å². The van der Waals surface area contributed by atoms with Crippen LogP contribution < -0.4 is 4.74 Å². The second-order valence-electron chi connectivity index (χ2n) is 4.42. The smallest absolute Gasteiger partial charge is 0.493 e. The van der Waals surface area contributed by atoms with Crippen LogP contribution in [0.2, 0.25) is 5.02 Å². The lowest BCUT2D eigenvalue weighted by Crippen LogP contribution is -2.13. The number of hydrogen-bond donors (Lipinski definition) is 0. The van der Waals surface area contributed by atoms with E-state index in [0.717, 1.165) is 11.3 Å². The Labute approximate surface area is 130 Å². The molecule has 1 aromatic rings. The van der Waals surface area contributed by atoms with Crippen LogP contribution in [0.5, 0.6) is 5.75 Å². The first-order valence-electron chi connectivity index (χ1n) is 6.53. The van der Waals surface area contributed by atoms with Gasteiger partial charge in [-0.05, 0) is 41.7 Å². The first kappa shape index (κ1) is 17.9. The molecule has 0 N–H and O–H groups in total. The molecule has 116 valence electrons. The van der Waals surface area contributed by atoms with Crippen molar-refractivity contribution >= 4 is 25.6 Å². The fourth-order valence-electron chi connectivity index (χ4n) is 1.61. The van der Waals surface area contributed by atoms with Gasteiger partial charge in [0.25, 0.3) is 0 Å². The minimum absolute atomic E-state index is 0.198. The lowest BCUT2D eigenvalue weighted by atomic mass is 10.2. The number of hydrogen-bond acceptors (Lipinski definition) is 5. The molecule has 0 radical (unpaired) electrons. The van der Waals surface area contributed by atoms with Crippen molar-refractivity contribution in [3.8, 4) is 5.75 Å². The fourth-order valence-corrected chi connectivity index (χ4v) is 2.34. The summed E-state index contributed by atoms with van der Waals surface area (Å²) in [4.78, 5) is 11.5. The molecule has 0 amide bonds. The maximum Gasteiger partial charge on any atom is 0.552 e. The monoisotopic (exact) mass is 333 g/mol. The molecule has 5 nitrogen and oxygen atoms in total. The Hall–Kier alpha value is -1.16. The summed E-state index contributed by atoms with van der Waals surface area (Å²) in [5.41, 5.74) is 0.941. The normalized spacial score (nSPS) is 12.7. The van der Waals surface area contributed by atoms with Crippen LogP contribution in [0.3, 0.4) is 0 Å². The summed E-state index contributed by atoms with van der Waals surface area (Å²) in [5.74, 6) is -0.417. The summed E-state index contributed by atoms with van der Waals surface area (Å²) < 4.78 is 26.4. The van der Waals surface area contributed by atoms with Crippen molar-refractivity contribution in [2.24, 2.45) is 0 Å². The van der Waals surface area contributed by atoms with Crippen molar-refractivity contribution in [3.05, 3.63) is 28.8 Å². The minimum Gasteiger partial charge on any atom is -0.493 e. The molecule has 0 aliphatic carbocycles. The Kier molecular flexibility index (Phi) is 7.65. The highest BCUT2D eigenvalue weighted by Gasteiger charge is 2.29. The number of aryl methyl sites for hydroxylation is 1. The van der Waals surface area contributed by atoms with Gasteiger partial charge in [-0.1, -0.05) is 11.6 Å². The number of rotatable bonds is 8. The third-order valence-electron chi connectivity index (χ3n) is 2.70. The predicted molar refractivity (Wildman–Crippen MR) is 81.1 cm³/mol. The highest BCUT2D eigenvalue weighted by Crippen LogP contribution is 2.28. The summed E-state index contributed by atoms with van der Waals surface area (Å²) >= 11 is 5.85. The number of carbonyl (C=O) groups excluding carboxylic acids is 1. The van der Waals surface area contributed by atoms with E-state index in [9.17, 15) is 9.36 Å². The van der Waals surface area contributed by atoms with E-state index in [2.05, 4.69) is 4.52 Å². The number of halogens is 1. The predicted octanol–water partition coefficient (Wildman–Crippen LogP) is 4.09. The van der Waals surface area contributed by atoms with Gasteiger partial charge in [-0.2, -0.15) is 0 Å². The molecule has 0 saturated heterocycles. The van der Waals surface area contributed by atoms with Crippen molar-refractivity contribution in [2.45, 2.75) is 32.5 Å². The zero-order chi connectivity index (χ0) is 15.8. The van der Waals surface area contributed by atoms with E-state index in [-0.39, 0.29) is 6.42 Å². The zero-order valence-electron chi connectivity index (χ0n) is 12.3.